The molecule has 0 aromatic rings. The summed E-state index contributed by atoms with van der Waals surface area (Å²) < 4.78 is 17.2. The van der Waals surface area contributed by atoms with Gasteiger partial charge >= 0.3 is 17.9 Å². The van der Waals surface area contributed by atoms with Crippen molar-refractivity contribution in [3.8, 4) is 0 Å². The molecule has 1 unspecified atom stereocenters. The molecule has 5 rings (SSSR count). The van der Waals surface area contributed by atoms with Crippen LogP contribution in [0.3, 0.4) is 0 Å². The van der Waals surface area contributed by atoms with Crippen LogP contribution in [-0.4, -0.2) is 54.9 Å². The summed E-state index contributed by atoms with van der Waals surface area (Å²) in [7, 11) is 0. The lowest BCUT2D eigenvalue weighted by Crippen LogP contribution is -2.67. The normalized spacial score (nSPS) is 43.1. The fourth-order valence-corrected chi connectivity index (χ4v) is 12.6. The molecule has 0 spiro atoms. The minimum absolute atomic E-state index is 0.0936. The Morgan fingerprint density at radius 3 is 2.04 bits per heavy atom. The van der Waals surface area contributed by atoms with Gasteiger partial charge in [-0.1, -0.05) is 41.2 Å². The van der Waals surface area contributed by atoms with Gasteiger partial charge in [-0.15, -0.1) is 34.8 Å². The molecule has 45 heavy (non-hydrogen) atoms. The number of fused-ring (bicyclic) bond motifs is 7. The van der Waals surface area contributed by atoms with Gasteiger partial charge in [-0.2, -0.15) is 0 Å². The van der Waals surface area contributed by atoms with Gasteiger partial charge in [-0.3, -0.25) is 14.4 Å². The van der Waals surface area contributed by atoms with E-state index in [0.717, 1.165) is 69.8 Å². The van der Waals surface area contributed by atoms with E-state index in [9.17, 15) is 14.4 Å². The maximum Gasteiger partial charge on any atom is 0.321 e. The van der Waals surface area contributed by atoms with Gasteiger partial charge < -0.3 is 14.2 Å². The molecular weight excluding hydrogens is 635 g/mol. The number of hydrogen-bond donors (Lipinski definition) is 0. The van der Waals surface area contributed by atoms with E-state index in [4.69, 9.17) is 49.0 Å². The molecule has 6 nitrogen and oxygen atoms in total. The topological polar surface area (TPSA) is 78.9 Å². The Morgan fingerprint density at radius 1 is 0.711 bits per heavy atom. The van der Waals surface area contributed by atoms with Gasteiger partial charge in [0.1, 0.15) is 30.4 Å². The van der Waals surface area contributed by atoms with Crippen LogP contribution in [0.1, 0.15) is 98.8 Å². The summed E-state index contributed by atoms with van der Waals surface area (Å²) in [6.07, 6.45) is 10.3. The summed E-state index contributed by atoms with van der Waals surface area (Å²) in [4.78, 5) is 36.5. The third kappa shape index (κ3) is 5.67. The average Bonchev–Trinajstić information content (AvgIpc) is 3.40. The van der Waals surface area contributed by atoms with Crippen molar-refractivity contribution in [1.82, 2.24) is 0 Å². The first-order valence-electron chi connectivity index (χ1n) is 17.0. The molecule has 10 atom stereocenters. The number of hydrogen-bond acceptors (Lipinski definition) is 6. The van der Waals surface area contributed by atoms with E-state index < -0.39 is 5.97 Å². The molecule has 0 amide bonds. The lowest BCUT2D eigenvalue weighted by atomic mass is 9.32. The summed E-state index contributed by atoms with van der Waals surface area (Å²) in [5.74, 6) is 0.377. The number of carbonyl (C=O) groups excluding carboxylic acids is 3. The maximum atomic E-state index is 12.3. The van der Waals surface area contributed by atoms with Gasteiger partial charge in [-0.05, 0) is 116 Å². The molecule has 0 N–H and O–H groups in total. The molecule has 0 aromatic heterocycles. The monoisotopic (exact) mass is 686 g/mol. The first-order valence-corrected chi connectivity index (χ1v) is 18.6. The van der Waals surface area contributed by atoms with E-state index in [-0.39, 0.29) is 81.2 Å². The van der Waals surface area contributed by atoms with Crippen molar-refractivity contribution in [1.29, 1.82) is 0 Å². The van der Waals surface area contributed by atoms with Crippen molar-refractivity contribution in [3.63, 3.8) is 0 Å². The highest BCUT2D eigenvalue weighted by Crippen LogP contribution is 2.77. The molecule has 5 saturated carbocycles. The third-order valence-corrected chi connectivity index (χ3v) is 15.3. The zero-order valence-electron chi connectivity index (χ0n) is 27.9. The lowest BCUT2D eigenvalue weighted by Gasteiger charge is -2.73. The second-order valence-corrected chi connectivity index (χ2v) is 17.2. The summed E-state index contributed by atoms with van der Waals surface area (Å²) in [6.45, 7) is 17.3. The van der Waals surface area contributed by atoms with E-state index in [1.807, 2.05) is 0 Å². The van der Waals surface area contributed by atoms with Crippen molar-refractivity contribution in [2.75, 3.05) is 30.9 Å². The molecule has 5 aliphatic rings. The second-order valence-electron chi connectivity index (χ2n) is 16.4. The molecule has 0 aromatic carbocycles. The summed E-state index contributed by atoms with van der Waals surface area (Å²) in [5.41, 5.74) is 1.06. The van der Waals surface area contributed by atoms with E-state index in [0.29, 0.717) is 24.4 Å². The molecule has 5 fully saturated rings. The number of rotatable bonds is 9. The quantitative estimate of drug-likeness (QED) is 0.105. The number of ether oxygens (including phenoxy) is 3. The Balaban J connectivity index is 1.46. The molecular formula is C36H53Cl3O6. The van der Waals surface area contributed by atoms with Crippen LogP contribution in [0.5, 0.6) is 0 Å². The standard InChI is InChI=1S/C36H53Cl3O6/c1-22(20-43-28(40)17-37)23-9-14-36(21-44-29(41)18-38)16-15-34(5)24(31(23)36)7-8-26-33(4)12-11-27(45-30(42)19-39)32(2,3)25(33)10-13-35(26,34)6/h23-27,31H,1,7-21H2,2-6H3/t23-,24+,25-,26+,27?,31+,33-,34+,35+,36+/m0/s1. The van der Waals surface area contributed by atoms with Crippen LogP contribution in [0.15, 0.2) is 12.2 Å². The van der Waals surface area contributed by atoms with Crippen LogP contribution in [0.4, 0.5) is 0 Å². The minimum Gasteiger partial charge on any atom is -0.464 e. The summed E-state index contributed by atoms with van der Waals surface area (Å²) >= 11 is 17.4. The summed E-state index contributed by atoms with van der Waals surface area (Å²) in [6, 6.07) is 0. The molecule has 9 heteroatoms. The largest absolute Gasteiger partial charge is 0.464 e. The van der Waals surface area contributed by atoms with Crippen LogP contribution in [0.25, 0.3) is 0 Å². The Morgan fingerprint density at radius 2 is 1.38 bits per heavy atom. The van der Waals surface area contributed by atoms with E-state index in [2.05, 4.69) is 41.2 Å². The first kappa shape index (κ1) is 35.3. The molecule has 5 aliphatic carbocycles. The first-order chi connectivity index (χ1) is 21.1. The molecule has 0 bridgehead atoms. The SMILES string of the molecule is C=C(COC(=O)CCl)[C@@H]1CC[C@]2(COC(=O)CCl)CC[C@]3(C)[C@H](CC[C@@H]4[C@@]5(C)CCC(OC(=O)CCl)C(C)(C)[C@@H]5CC[C@]43C)[C@@H]12. The highest BCUT2D eigenvalue weighted by Gasteiger charge is 2.71. The van der Waals surface area contributed by atoms with Crippen molar-refractivity contribution >= 4 is 52.7 Å². The van der Waals surface area contributed by atoms with Crippen LogP contribution in [0, 0.1) is 56.7 Å². The van der Waals surface area contributed by atoms with Crippen LogP contribution in [0.2, 0.25) is 0 Å². The van der Waals surface area contributed by atoms with Crippen molar-refractivity contribution in [3.05, 3.63) is 12.2 Å². The van der Waals surface area contributed by atoms with Crippen LogP contribution < -0.4 is 0 Å². The number of halogens is 3. The van der Waals surface area contributed by atoms with Gasteiger partial charge in [0.15, 0.2) is 0 Å². The smallest absolute Gasteiger partial charge is 0.321 e. The zero-order valence-corrected chi connectivity index (χ0v) is 30.1. The van der Waals surface area contributed by atoms with Gasteiger partial charge in [-0.25, -0.2) is 0 Å². The molecule has 0 radical (unpaired) electrons. The molecule has 0 saturated heterocycles. The van der Waals surface area contributed by atoms with Gasteiger partial charge in [0, 0.05) is 10.8 Å². The van der Waals surface area contributed by atoms with Gasteiger partial charge in [0.2, 0.25) is 0 Å². The van der Waals surface area contributed by atoms with Crippen molar-refractivity contribution in [2.45, 2.75) is 105 Å². The predicted molar refractivity (Wildman–Crippen MR) is 177 cm³/mol. The molecule has 0 aliphatic heterocycles. The van der Waals surface area contributed by atoms with Gasteiger partial charge in [0.05, 0.1) is 6.61 Å². The fourth-order valence-electron chi connectivity index (χ4n) is 12.4. The number of alkyl halides is 3. The fraction of sp³-hybridized carbons (Fsp3) is 0.861. The maximum absolute atomic E-state index is 12.3. The number of carbonyl (C=O) groups is 3. The van der Waals surface area contributed by atoms with E-state index in [1.165, 1.54) is 0 Å². The highest BCUT2D eigenvalue weighted by molar-refractivity contribution is 6.27. The van der Waals surface area contributed by atoms with E-state index >= 15 is 0 Å². The Hall–Kier alpha value is -0.980. The highest BCUT2D eigenvalue weighted by atomic mass is 35.5. The van der Waals surface area contributed by atoms with Gasteiger partial charge in [0.25, 0.3) is 0 Å². The third-order valence-electron chi connectivity index (χ3n) is 14.6. The van der Waals surface area contributed by atoms with Crippen molar-refractivity contribution < 1.29 is 28.6 Å². The van der Waals surface area contributed by atoms with Crippen LogP contribution >= 0.6 is 34.8 Å². The molecule has 0 heterocycles. The van der Waals surface area contributed by atoms with Crippen molar-refractivity contribution in [2.24, 2.45) is 56.7 Å². The molecule has 254 valence electrons. The summed E-state index contributed by atoms with van der Waals surface area (Å²) in [5, 5.41) is 0. The number of esters is 3. The lowest BCUT2D eigenvalue weighted by molar-refractivity contribution is -0.252. The minimum atomic E-state index is -0.431. The Bertz CT molecular complexity index is 1190. The van der Waals surface area contributed by atoms with Crippen LogP contribution in [-0.2, 0) is 28.6 Å². The Kier molecular flexibility index (Phi) is 10.1. The Labute approximate surface area is 285 Å². The predicted octanol–water partition coefficient (Wildman–Crippen LogP) is 8.34. The van der Waals surface area contributed by atoms with E-state index in [1.54, 1.807) is 0 Å². The average molecular weight is 688 g/mol. The zero-order chi connectivity index (χ0) is 33.0. The second kappa shape index (κ2) is 12.8.